The fourth-order valence-corrected chi connectivity index (χ4v) is 2.10. The van der Waals surface area contributed by atoms with Gasteiger partial charge in [-0.3, -0.25) is 9.79 Å². The first-order valence-corrected chi connectivity index (χ1v) is 5.77. The molecule has 0 fully saturated rings. The number of hydrogen-bond acceptors (Lipinski definition) is 2. The van der Waals surface area contributed by atoms with Crippen LogP contribution in [-0.2, 0) is 4.79 Å². The molecule has 2 nitrogen and oxygen atoms in total. The predicted molar refractivity (Wildman–Crippen MR) is 63.3 cm³/mol. The Morgan fingerprint density at radius 2 is 2.33 bits per heavy atom. The molecule has 1 aromatic carbocycles. The maximum Gasteiger partial charge on any atom is 0.230 e. The highest BCUT2D eigenvalue weighted by molar-refractivity contribution is 9.10. The van der Waals surface area contributed by atoms with E-state index < -0.39 is 0 Å². The Labute approximate surface area is 101 Å². The quantitative estimate of drug-likeness (QED) is 0.720. The van der Waals surface area contributed by atoms with Crippen LogP contribution in [0.1, 0.15) is 5.56 Å². The highest BCUT2D eigenvalue weighted by atomic mass is 79.9. The van der Waals surface area contributed by atoms with Gasteiger partial charge in [0.25, 0.3) is 0 Å². The lowest BCUT2D eigenvalue weighted by atomic mass is 10.0. The van der Waals surface area contributed by atoms with E-state index in [9.17, 15) is 4.79 Å². The lowest BCUT2D eigenvalue weighted by Crippen LogP contribution is -2.34. The Balaban J connectivity index is 2.69. The first kappa shape index (κ1) is 10.8. The Bertz CT molecular complexity index is 538. The van der Waals surface area contributed by atoms with Gasteiger partial charge in [-0.2, -0.15) is 0 Å². The molecule has 1 heterocycles. The van der Waals surface area contributed by atoms with Gasteiger partial charge in [0.2, 0.25) is 5.24 Å². The summed E-state index contributed by atoms with van der Waals surface area (Å²) in [6.07, 6.45) is 1.90. The molecule has 0 saturated heterocycles. The molecule has 15 heavy (non-hydrogen) atoms. The van der Waals surface area contributed by atoms with E-state index in [0.717, 1.165) is 20.6 Å². The molecule has 0 amide bonds. The number of rotatable bonds is 1. The van der Waals surface area contributed by atoms with Crippen molar-refractivity contribution in [3.8, 4) is 0 Å². The van der Waals surface area contributed by atoms with Gasteiger partial charge in [0, 0.05) is 9.69 Å². The third-order valence-electron chi connectivity index (χ3n) is 2.54. The first-order valence-electron chi connectivity index (χ1n) is 4.60. The molecule has 0 radical (unpaired) electrons. The minimum atomic E-state index is -0.344. The summed E-state index contributed by atoms with van der Waals surface area (Å²) in [6, 6.07) is 3.91. The highest BCUT2D eigenvalue weighted by Gasteiger charge is 2.16. The molecule has 1 aliphatic heterocycles. The molecule has 1 aromatic rings. The third-order valence-corrected chi connectivity index (χ3v) is 3.68. The van der Waals surface area contributed by atoms with E-state index in [1.165, 1.54) is 0 Å². The number of nitrogens with zero attached hydrogens (tertiary/aromatic N) is 1. The normalized spacial score (nSPS) is 18.7. The maximum atomic E-state index is 11.1. The van der Waals surface area contributed by atoms with Gasteiger partial charge in [-0.05, 0) is 36.2 Å². The molecule has 0 aliphatic carbocycles. The van der Waals surface area contributed by atoms with Crippen LogP contribution < -0.4 is 10.6 Å². The second kappa shape index (κ2) is 4.06. The summed E-state index contributed by atoms with van der Waals surface area (Å²) < 4.78 is 1.02. The van der Waals surface area contributed by atoms with Crippen molar-refractivity contribution < 1.29 is 4.79 Å². The van der Waals surface area contributed by atoms with E-state index in [2.05, 4.69) is 20.9 Å². The van der Waals surface area contributed by atoms with Gasteiger partial charge in [0.1, 0.15) is 0 Å². The Morgan fingerprint density at radius 3 is 3.00 bits per heavy atom. The van der Waals surface area contributed by atoms with E-state index in [0.29, 0.717) is 6.54 Å². The minimum absolute atomic E-state index is 0.285. The van der Waals surface area contributed by atoms with Gasteiger partial charge in [-0.25, -0.2) is 0 Å². The third kappa shape index (κ3) is 1.99. The van der Waals surface area contributed by atoms with Gasteiger partial charge < -0.3 is 0 Å². The lowest BCUT2D eigenvalue weighted by molar-refractivity contribution is -0.113. The van der Waals surface area contributed by atoms with Gasteiger partial charge in [-0.15, -0.1) is 0 Å². The zero-order valence-corrected chi connectivity index (χ0v) is 10.5. The zero-order valence-electron chi connectivity index (χ0n) is 8.13. The van der Waals surface area contributed by atoms with E-state index in [1.807, 2.05) is 25.1 Å². The van der Waals surface area contributed by atoms with Crippen LogP contribution in [0, 0.1) is 12.8 Å². The smallest absolute Gasteiger partial charge is 0.230 e. The number of benzene rings is 1. The molecule has 1 aliphatic rings. The van der Waals surface area contributed by atoms with Crippen LogP contribution in [0.3, 0.4) is 0 Å². The molecule has 1 atom stereocenters. The van der Waals surface area contributed by atoms with Crippen LogP contribution >= 0.6 is 27.5 Å². The number of carbonyl (C=O) groups is 1. The average molecular weight is 287 g/mol. The summed E-state index contributed by atoms with van der Waals surface area (Å²) in [5.41, 5.74) is 1.10. The summed E-state index contributed by atoms with van der Waals surface area (Å²) in [4.78, 5) is 15.4. The second-order valence-corrected chi connectivity index (χ2v) is 4.75. The SMILES string of the molecule is Cc1c(Br)ccc2c1=CC(C(=O)Cl)CN=2. The van der Waals surface area contributed by atoms with Crippen LogP contribution in [-0.4, -0.2) is 11.8 Å². The highest BCUT2D eigenvalue weighted by Crippen LogP contribution is 2.12. The minimum Gasteiger partial charge on any atom is -0.284 e. The maximum absolute atomic E-state index is 11.1. The molecule has 2 rings (SSSR count). The first-order chi connectivity index (χ1) is 7.09. The van der Waals surface area contributed by atoms with Crippen molar-refractivity contribution in [3.63, 3.8) is 0 Å². The molecule has 4 heteroatoms. The molecule has 1 unspecified atom stereocenters. The number of fused-ring (bicyclic) bond motifs is 1. The summed E-state index contributed by atoms with van der Waals surface area (Å²) >= 11 is 8.93. The van der Waals surface area contributed by atoms with Crippen LogP contribution in [0.25, 0.3) is 6.08 Å². The average Bonchev–Trinajstić information content (AvgIpc) is 2.23. The van der Waals surface area contributed by atoms with Crippen LogP contribution in [0.2, 0.25) is 0 Å². The van der Waals surface area contributed by atoms with Crippen molar-refractivity contribution in [2.75, 3.05) is 6.54 Å². The predicted octanol–water partition coefficient (Wildman–Crippen LogP) is 1.55. The molecule has 0 N–H and O–H groups in total. The van der Waals surface area contributed by atoms with E-state index in [1.54, 1.807) is 0 Å². The number of carbonyl (C=O) groups excluding carboxylic acids is 1. The van der Waals surface area contributed by atoms with E-state index in [4.69, 9.17) is 11.6 Å². The fraction of sp³-hybridized carbons (Fsp3) is 0.273. The molecule has 0 spiro atoms. The molecule has 0 saturated carbocycles. The Kier molecular flexibility index (Phi) is 2.94. The van der Waals surface area contributed by atoms with Crippen molar-refractivity contribution >= 4 is 38.8 Å². The van der Waals surface area contributed by atoms with Crippen LogP contribution in [0.5, 0.6) is 0 Å². The monoisotopic (exact) mass is 285 g/mol. The van der Waals surface area contributed by atoms with Crippen molar-refractivity contribution in [2.24, 2.45) is 10.9 Å². The standard InChI is InChI=1S/C11H9BrClNO/c1-6-8-4-7(11(13)15)5-14-10(8)3-2-9(6)12/h2-4,7H,5H2,1H3. The Hall–Kier alpha value is -0.670. The fourth-order valence-electron chi connectivity index (χ4n) is 1.62. The van der Waals surface area contributed by atoms with Gasteiger partial charge in [0.15, 0.2) is 0 Å². The van der Waals surface area contributed by atoms with Crippen LogP contribution in [0.15, 0.2) is 21.6 Å². The summed E-state index contributed by atoms with van der Waals surface area (Å²) in [6.45, 7) is 2.45. The lowest BCUT2D eigenvalue weighted by Gasteiger charge is -2.10. The van der Waals surface area contributed by atoms with E-state index in [-0.39, 0.29) is 11.2 Å². The van der Waals surface area contributed by atoms with Crippen LogP contribution in [0.4, 0.5) is 0 Å². The zero-order chi connectivity index (χ0) is 11.0. The number of hydrogen-bond donors (Lipinski definition) is 0. The number of halogens is 2. The van der Waals surface area contributed by atoms with Crippen molar-refractivity contribution in [1.29, 1.82) is 0 Å². The van der Waals surface area contributed by atoms with Crippen molar-refractivity contribution in [2.45, 2.75) is 6.92 Å². The summed E-state index contributed by atoms with van der Waals surface area (Å²) in [5.74, 6) is -0.285. The van der Waals surface area contributed by atoms with Crippen molar-refractivity contribution in [1.82, 2.24) is 0 Å². The van der Waals surface area contributed by atoms with Gasteiger partial charge in [0.05, 0.1) is 17.8 Å². The topological polar surface area (TPSA) is 29.4 Å². The molecular formula is C11H9BrClNO. The second-order valence-electron chi connectivity index (χ2n) is 3.52. The molecule has 0 bridgehead atoms. The molecular weight excluding hydrogens is 277 g/mol. The molecule has 78 valence electrons. The molecule has 0 aromatic heterocycles. The largest absolute Gasteiger partial charge is 0.284 e. The summed E-state index contributed by atoms with van der Waals surface area (Å²) in [7, 11) is 0. The van der Waals surface area contributed by atoms with Gasteiger partial charge >= 0.3 is 0 Å². The van der Waals surface area contributed by atoms with Gasteiger partial charge in [-0.1, -0.05) is 22.0 Å². The van der Waals surface area contributed by atoms with E-state index >= 15 is 0 Å². The summed E-state index contributed by atoms with van der Waals surface area (Å²) in [5, 5.41) is 1.60. The Morgan fingerprint density at radius 1 is 1.60 bits per heavy atom. The van der Waals surface area contributed by atoms with Crippen molar-refractivity contribution in [3.05, 3.63) is 32.7 Å².